The normalized spacial score (nSPS) is 25.0. The molecule has 1 N–H and O–H groups in total. The van der Waals surface area contributed by atoms with E-state index in [9.17, 15) is 9.90 Å². The van der Waals surface area contributed by atoms with Gasteiger partial charge in [0, 0.05) is 25.2 Å². The zero-order valence-electron chi connectivity index (χ0n) is 14.5. The van der Waals surface area contributed by atoms with Crippen LogP contribution in [-0.2, 0) is 20.9 Å². The Morgan fingerprint density at radius 1 is 1.23 bits per heavy atom. The minimum Gasteiger partial charge on any atom is -0.459 e. The lowest BCUT2D eigenvalue weighted by Crippen LogP contribution is -2.36. The number of anilines is 1. The number of pyridine rings is 1. The molecule has 1 aromatic carbocycles. The predicted octanol–water partition coefficient (Wildman–Crippen LogP) is 1.88. The highest BCUT2D eigenvalue weighted by molar-refractivity contribution is 5.85. The van der Waals surface area contributed by atoms with Crippen molar-refractivity contribution in [3.05, 3.63) is 59.8 Å². The van der Waals surface area contributed by atoms with Crippen LogP contribution in [0, 0.1) is 0 Å². The summed E-state index contributed by atoms with van der Waals surface area (Å²) in [5.74, 6) is 0.0773. The van der Waals surface area contributed by atoms with Crippen molar-refractivity contribution < 1.29 is 19.4 Å². The fourth-order valence-electron chi connectivity index (χ4n) is 3.30. The number of hydrogen-bond acceptors (Lipinski definition) is 6. The van der Waals surface area contributed by atoms with Gasteiger partial charge in [-0.05, 0) is 23.6 Å². The lowest BCUT2D eigenvalue weighted by Gasteiger charge is -2.27. The molecule has 1 saturated carbocycles. The second-order valence-electron chi connectivity index (χ2n) is 6.79. The van der Waals surface area contributed by atoms with E-state index in [2.05, 4.69) is 9.88 Å². The van der Waals surface area contributed by atoms with Gasteiger partial charge in [-0.3, -0.25) is 0 Å². The van der Waals surface area contributed by atoms with Gasteiger partial charge in [0.2, 0.25) is 0 Å². The molecule has 2 heterocycles. The molecule has 0 bridgehead atoms. The van der Waals surface area contributed by atoms with Crippen LogP contribution in [0.25, 0.3) is 0 Å². The lowest BCUT2D eigenvalue weighted by atomic mass is 10.1. The summed E-state index contributed by atoms with van der Waals surface area (Å²) >= 11 is 0. The van der Waals surface area contributed by atoms with Crippen molar-refractivity contribution >= 4 is 11.8 Å². The van der Waals surface area contributed by atoms with E-state index in [0.717, 1.165) is 30.0 Å². The van der Waals surface area contributed by atoms with E-state index in [-0.39, 0.29) is 12.5 Å². The summed E-state index contributed by atoms with van der Waals surface area (Å²) in [7, 11) is 0. The molecule has 2 aromatic rings. The van der Waals surface area contributed by atoms with E-state index in [0.29, 0.717) is 19.6 Å². The summed E-state index contributed by atoms with van der Waals surface area (Å²) in [5.41, 5.74) is 0.330. The molecule has 1 aliphatic heterocycles. The van der Waals surface area contributed by atoms with Crippen LogP contribution in [0.3, 0.4) is 0 Å². The smallest absolute Gasteiger partial charge is 0.339 e. The highest BCUT2D eigenvalue weighted by Crippen LogP contribution is 2.52. The highest BCUT2D eigenvalue weighted by atomic mass is 16.6. The second-order valence-corrected chi connectivity index (χ2v) is 6.79. The van der Waals surface area contributed by atoms with Gasteiger partial charge in [-0.2, -0.15) is 0 Å². The van der Waals surface area contributed by atoms with E-state index >= 15 is 0 Å². The van der Waals surface area contributed by atoms with Gasteiger partial charge in [-0.15, -0.1) is 0 Å². The van der Waals surface area contributed by atoms with E-state index in [1.54, 1.807) is 6.20 Å². The van der Waals surface area contributed by atoms with Crippen LogP contribution in [0.4, 0.5) is 5.82 Å². The van der Waals surface area contributed by atoms with Crippen LogP contribution in [-0.4, -0.2) is 48.0 Å². The highest BCUT2D eigenvalue weighted by Gasteiger charge is 2.61. The maximum atomic E-state index is 12.3. The van der Waals surface area contributed by atoms with Gasteiger partial charge in [0.25, 0.3) is 0 Å². The Morgan fingerprint density at radius 2 is 2.00 bits per heavy atom. The standard InChI is InChI=1S/C20H22N2O4/c23-19(26-14-15-4-2-1-3-5-15)20(24)12-17(20)16-6-7-18(21-13-16)22-8-10-25-11-9-22/h1-7,13,17,24H,8-12,14H2/t17-,20?/m1/s1. The van der Waals surface area contributed by atoms with Crippen molar-refractivity contribution in [1.29, 1.82) is 0 Å². The van der Waals surface area contributed by atoms with Crippen molar-refractivity contribution in [3.8, 4) is 0 Å². The molecule has 6 heteroatoms. The fraction of sp³-hybridized carbons (Fsp3) is 0.400. The summed E-state index contributed by atoms with van der Waals surface area (Å²) in [6.45, 7) is 3.23. The molecule has 2 aliphatic rings. The Bertz CT molecular complexity index is 759. The molecule has 0 spiro atoms. The van der Waals surface area contributed by atoms with Crippen LogP contribution in [0.15, 0.2) is 48.7 Å². The van der Waals surface area contributed by atoms with E-state index in [4.69, 9.17) is 9.47 Å². The summed E-state index contributed by atoms with van der Waals surface area (Å²) in [4.78, 5) is 18.9. The molecule has 0 radical (unpaired) electrons. The van der Waals surface area contributed by atoms with Gasteiger partial charge < -0.3 is 19.5 Å². The minimum absolute atomic E-state index is 0.170. The van der Waals surface area contributed by atoms with Gasteiger partial charge >= 0.3 is 5.97 Å². The van der Waals surface area contributed by atoms with Crippen LogP contribution in [0.1, 0.15) is 23.5 Å². The number of carbonyl (C=O) groups is 1. The van der Waals surface area contributed by atoms with Crippen molar-refractivity contribution in [2.75, 3.05) is 31.2 Å². The molecule has 6 nitrogen and oxygen atoms in total. The van der Waals surface area contributed by atoms with Gasteiger partial charge in [0.1, 0.15) is 12.4 Å². The summed E-state index contributed by atoms with van der Waals surface area (Å²) in [6.07, 6.45) is 2.12. The number of aliphatic hydroxyl groups is 1. The third-order valence-electron chi connectivity index (χ3n) is 5.01. The fourth-order valence-corrected chi connectivity index (χ4v) is 3.30. The number of hydrogen-bond donors (Lipinski definition) is 1. The van der Waals surface area contributed by atoms with E-state index < -0.39 is 11.6 Å². The van der Waals surface area contributed by atoms with E-state index in [1.807, 2.05) is 42.5 Å². The number of carbonyl (C=O) groups excluding carboxylic acids is 1. The number of esters is 1. The first-order valence-electron chi connectivity index (χ1n) is 8.89. The first-order chi connectivity index (χ1) is 12.7. The van der Waals surface area contributed by atoms with Crippen LogP contribution in [0.2, 0.25) is 0 Å². The molecular formula is C20H22N2O4. The molecule has 1 saturated heterocycles. The maximum Gasteiger partial charge on any atom is 0.339 e. The zero-order valence-corrected chi connectivity index (χ0v) is 14.5. The monoisotopic (exact) mass is 354 g/mol. The molecule has 2 fully saturated rings. The average Bonchev–Trinajstić information content (AvgIpc) is 3.41. The molecule has 1 aromatic heterocycles. The van der Waals surface area contributed by atoms with E-state index in [1.165, 1.54) is 0 Å². The molecule has 26 heavy (non-hydrogen) atoms. The summed E-state index contributed by atoms with van der Waals surface area (Å²) in [6, 6.07) is 13.3. The molecular weight excluding hydrogens is 332 g/mol. The van der Waals surface area contributed by atoms with Crippen LogP contribution >= 0.6 is 0 Å². The van der Waals surface area contributed by atoms with Crippen molar-refractivity contribution in [1.82, 2.24) is 4.98 Å². The predicted molar refractivity (Wildman–Crippen MR) is 95.8 cm³/mol. The van der Waals surface area contributed by atoms with Gasteiger partial charge in [-0.25, -0.2) is 9.78 Å². The second kappa shape index (κ2) is 7.05. The van der Waals surface area contributed by atoms with Gasteiger partial charge in [-0.1, -0.05) is 36.4 Å². The van der Waals surface area contributed by atoms with Crippen LogP contribution < -0.4 is 4.90 Å². The third kappa shape index (κ3) is 3.43. The molecule has 136 valence electrons. The van der Waals surface area contributed by atoms with Gasteiger partial charge in [0.05, 0.1) is 13.2 Å². The maximum absolute atomic E-state index is 12.3. The SMILES string of the molecule is O=C(OCc1ccccc1)C1(O)C[C@@H]1c1ccc(N2CCOCC2)nc1. The number of aromatic nitrogens is 1. The largest absolute Gasteiger partial charge is 0.459 e. The molecule has 4 rings (SSSR count). The first kappa shape index (κ1) is 17.0. The first-order valence-corrected chi connectivity index (χ1v) is 8.89. The Kier molecular flexibility index (Phi) is 4.61. The Balaban J connectivity index is 1.36. The van der Waals surface area contributed by atoms with Crippen molar-refractivity contribution in [3.63, 3.8) is 0 Å². The quantitative estimate of drug-likeness (QED) is 0.827. The van der Waals surface area contributed by atoms with Gasteiger partial charge in [0.15, 0.2) is 5.60 Å². The topological polar surface area (TPSA) is 71.9 Å². The Morgan fingerprint density at radius 3 is 2.69 bits per heavy atom. The number of morpholine rings is 1. The minimum atomic E-state index is -1.43. The molecule has 2 atom stereocenters. The number of ether oxygens (including phenoxy) is 2. The molecule has 1 aliphatic carbocycles. The summed E-state index contributed by atoms with van der Waals surface area (Å²) in [5, 5.41) is 10.6. The zero-order chi connectivity index (χ0) is 18.0. The summed E-state index contributed by atoms with van der Waals surface area (Å²) < 4.78 is 10.6. The lowest BCUT2D eigenvalue weighted by molar-refractivity contribution is -0.157. The molecule has 0 amide bonds. The van der Waals surface area contributed by atoms with Crippen LogP contribution in [0.5, 0.6) is 0 Å². The Labute approximate surface area is 152 Å². The third-order valence-corrected chi connectivity index (χ3v) is 5.01. The Hall–Kier alpha value is -2.44. The average molecular weight is 354 g/mol. The van der Waals surface area contributed by atoms with Crippen molar-refractivity contribution in [2.45, 2.75) is 24.5 Å². The number of nitrogens with zero attached hydrogens (tertiary/aromatic N) is 2. The van der Waals surface area contributed by atoms with Crippen molar-refractivity contribution in [2.24, 2.45) is 0 Å². The molecule has 1 unspecified atom stereocenters. The number of rotatable bonds is 5. The number of benzene rings is 1.